The molecule has 1 fully saturated rings. The smallest absolute Gasteiger partial charge is 0.223 e. The molecule has 1 amide bonds. The van der Waals surface area contributed by atoms with Crippen molar-refractivity contribution in [2.24, 2.45) is 5.92 Å². The Kier molecular flexibility index (Phi) is 8.26. The fourth-order valence-electron chi connectivity index (χ4n) is 2.57. The maximum Gasteiger partial charge on any atom is 0.223 e. The standard InChI is InChI=1S/C16H20ClN3O.ClH/c17-7-10-20-8-5-15(6-9-20)16(21)19-12-14-3-1-13(11-18)2-4-14;/h1-4,15H,5-10,12H2,(H,19,21);1H. The van der Waals surface area contributed by atoms with Crippen LogP contribution in [0.3, 0.4) is 0 Å². The zero-order chi connectivity index (χ0) is 15.1. The third-order valence-electron chi connectivity index (χ3n) is 3.91. The SMILES string of the molecule is Cl.N#Cc1ccc(CNC(=O)C2CCN(CCCl)CC2)cc1. The van der Waals surface area contributed by atoms with Crippen LogP contribution in [0.2, 0.25) is 0 Å². The average Bonchev–Trinajstić information content (AvgIpc) is 2.54. The quantitative estimate of drug-likeness (QED) is 0.837. The van der Waals surface area contributed by atoms with Gasteiger partial charge in [0.1, 0.15) is 0 Å². The number of alkyl halides is 1. The zero-order valence-corrected chi connectivity index (χ0v) is 14.0. The van der Waals surface area contributed by atoms with E-state index in [1.54, 1.807) is 12.1 Å². The minimum Gasteiger partial charge on any atom is -0.352 e. The maximum absolute atomic E-state index is 12.2. The number of hydrogen-bond donors (Lipinski definition) is 1. The number of piperidine rings is 1. The molecule has 1 aliphatic heterocycles. The van der Waals surface area contributed by atoms with Gasteiger partial charge in [-0.2, -0.15) is 5.26 Å². The number of rotatable bonds is 5. The third-order valence-corrected chi connectivity index (χ3v) is 4.08. The number of hydrogen-bond acceptors (Lipinski definition) is 3. The summed E-state index contributed by atoms with van der Waals surface area (Å²) in [5.41, 5.74) is 1.65. The van der Waals surface area contributed by atoms with Crippen LogP contribution in [-0.4, -0.2) is 36.3 Å². The maximum atomic E-state index is 12.2. The Morgan fingerprint density at radius 2 is 1.95 bits per heavy atom. The van der Waals surface area contributed by atoms with Gasteiger partial charge in [-0.05, 0) is 43.6 Å². The Hall–Kier alpha value is -1.28. The van der Waals surface area contributed by atoms with Crippen molar-refractivity contribution < 1.29 is 4.79 Å². The summed E-state index contributed by atoms with van der Waals surface area (Å²) in [6.45, 7) is 3.32. The molecule has 0 aliphatic carbocycles. The van der Waals surface area contributed by atoms with Crippen LogP contribution in [0.15, 0.2) is 24.3 Å². The number of amides is 1. The van der Waals surface area contributed by atoms with Crippen molar-refractivity contribution in [2.45, 2.75) is 19.4 Å². The molecular formula is C16H21Cl2N3O. The highest BCUT2D eigenvalue weighted by Crippen LogP contribution is 2.17. The molecule has 1 heterocycles. The minimum absolute atomic E-state index is 0. The summed E-state index contributed by atoms with van der Waals surface area (Å²) in [4.78, 5) is 14.5. The summed E-state index contributed by atoms with van der Waals surface area (Å²) in [7, 11) is 0. The van der Waals surface area contributed by atoms with Crippen LogP contribution in [0.1, 0.15) is 24.0 Å². The van der Waals surface area contributed by atoms with E-state index in [4.69, 9.17) is 16.9 Å². The summed E-state index contributed by atoms with van der Waals surface area (Å²) in [6, 6.07) is 9.38. The fourth-order valence-corrected chi connectivity index (χ4v) is 2.81. The molecule has 0 unspecified atom stereocenters. The number of benzene rings is 1. The molecule has 120 valence electrons. The van der Waals surface area contributed by atoms with Crippen molar-refractivity contribution in [3.05, 3.63) is 35.4 Å². The molecule has 1 N–H and O–H groups in total. The van der Waals surface area contributed by atoms with E-state index in [0.29, 0.717) is 18.0 Å². The van der Waals surface area contributed by atoms with E-state index in [2.05, 4.69) is 16.3 Å². The molecule has 4 nitrogen and oxygen atoms in total. The molecule has 1 aromatic carbocycles. The van der Waals surface area contributed by atoms with Crippen molar-refractivity contribution in [3.8, 4) is 6.07 Å². The lowest BCUT2D eigenvalue weighted by atomic mass is 9.96. The van der Waals surface area contributed by atoms with Crippen LogP contribution in [0.5, 0.6) is 0 Å². The molecule has 1 aromatic rings. The Morgan fingerprint density at radius 1 is 1.32 bits per heavy atom. The van der Waals surface area contributed by atoms with Gasteiger partial charge >= 0.3 is 0 Å². The van der Waals surface area contributed by atoms with Crippen LogP contribution in [0.4, 0.5) is 0 Å². The van der Waals surface area contributed by atoms with Gasteiger partial charge in [0.15, 0.2) is 0 Å². The Labute approximate surface area is 142 Å². The molecule has 2 rings (SSSR count). The summed E-state index contributed by atoms with van der Waals surface area (Å²) >= 11 is 5.73. The lowest BCUT2D eigenvalue weighted by Gasteiger charge is -2.30. The molecule has 1 saturated heterocycles. The lowest BCUT2D eigenvalue weighted by Crippen LogP contribution is -2.40. The monoisotopic (exact) mass is 341 g/mol. The number of nitrogens with one attached hydrogen (secondary N) is 1. The van der Waals surface area contributed by atoms with E-state index >= 15 is 0 Å². The summed E-state index contributed by atoms with van der Waals surface area (Å²) < 4.78 is 0. The van der Waals surface area contributed by atoms with Crippen LogP contribution in [0.25, 0.3) is 0 Å². The zero-order valence-electron chi connectivity index (χ0n) is 12.4. The lowest BCUT2D eigenvalue weighted by molar-refractivity contribution is -0.126. The Balaban J connectivity index is 0.00000242. The number of likely N-dealkylation sites (tertiary alicyclic amines) is 1. The highest BCUT2D eigenvalue weighted by atomic mass is 35.5. The summed E-state index contributed by atoms with van der Waals surface area (Å²) in [5.74, 6) is 0.884. The largest absolute Gasteiger partial charge is 0.352 e. The highest BCUT2D eigenvalue weighted by Gasteiger charge is 2.24. The Bertz CT molecular complexity index is 505. The van der Waals surface area contributed by atoms with Crippen LogP contribution >= 0.6 is 24.0 Å². The molecular weight excluding hydrogens is 321 g/mol. The topological polar surface area (TPSA) is 56.1 Å². The first-order valence-corrected chi connectivity index (χ1v) is 7.81. The highest BCUT2D eigenvalue weighted by molar-refractivity contribution is 6.18. The van der Waals surface area contributed by atoms with Gasteiger partial charge in [-0.15, -0.1) is 24.0 Å². The molecule has 22 heavy (non-hydrogen) atoms. The number of halogens is 2. The van der Waals surface area contributed by atoms with E-state index in [-0.39, 0.29) is 24.2 Å². The van der Waals surface area contributed by atoms with E-state index in [1.165, 1.54) is 0 Å². The first kappa shape index (κ1) is 18.8. The number of nitrogens with zero attached hydrogens (tertiary/aromatic N) is 2. The van der Waals surface area contributed by atoms with Gasteiger partial charge in [-0.1, -0.05) is 12.1 Å². The molecule has 6 heteroatoms. The average molecular weight is 342 g/mol. The molecule has 0 aromatic heterocycles. The Morgan fingerprint density at radius 3 is 2.50 bits per heavy atom. The second-order valence-corrected chi connectivity index (χ2v) is 5.71. The van der Waals surface area contributed by atoms with E-state index in [0.717, 1.165) is 38.0 Å². The summed E-state index contributed by atoms with van der Waals surface area (Å²) in [5, 5.41) is 11.7. The number of carbonyl (C=O) groups excluding carboxylic acids is 1. The van der Waals surface area contributed by atoms with E-state index in [9.17, 15) is 4.79 Å². The van der Waals surface area contributed by atoms with Crippen LogP contribution < -0.4 is 5.32 Å². The first-order chi connectivity index (χ1) is 10.2. The predicted octanol–water partition coefficient (Wildman–Crippen LogP) is 2.55. The molecule has 0 bridgehead atoms. The summed E-state index contributed by atoms with van der Waals surface area (Å²) in [6.07, 6.45) is 1.80. The normalized spacial score (nSPS) is 15.6. The van der Waals surface area contributed by atoms with Crippen molar-refractivity contribution in [1.82, 2.24) is 10.2 Å². The molecule has 0 saturated carbocycles. The molecule has 1 aliphatic rings. The third kappa shape index (κ3) is 5.49. The van der Waals surface area contributed by atoms with Crippen molar-refractivity contribution >= 4 is 29.9 Å². The minimum atomic E-state index is 0. The number of nitriles is 1. The van der Waals surface area contributed by atoms with Crippen LogP contribution in [0, 0.1) is 17.2 Å². The van der Waals surface area contributed by atoms with Gasteiger partial charge in [0.05, 0.1) is 11.6 Å². The van der Waals surface area contributed by atoms with Crippen LogP contribution in [-0.2, 0) is 11.3 Å². The van der Waals surface area contributed by atoms with Gasteiger partial charge in [0.25, 0.3) is 0 Å². The number of carbonyl (C=O) groups is 1. The van der Waals surface area contributed by atoms with Crippen molar-refractivity contribution in [2.75, 3.05) is 25.5 Å². The van der Waals surface area contributed by atoms with Gasteiger partial charge in [-0.3, -0.25) is 4.79 Å². The second kappa shape index (κ2) is 9.68. The fraction of sp³-hybridized carbons (Fsp3) is 0.500. The second-order valence-electron chi connectivity index (χ2n) is 5.33. The predicted molar refractivity (Wildman–Crippen MR) is 90.1 cm³/mol. The van der Waals surface area contributed by atoms with E-state index in [1.807, 2.05) is 12.1 Å². The van der Waals surface area contributed by atoms with Crippen molar-refractivity contribution in [1.29, 1.82) is 5.26 Å². The van der Waals surface area contributed by atoms with Gasteiger partial charge in [0, 0.05) is 24.9 Å². The van der Waals surface area contributed by atoms with Gasteiger partial charge in [0.2, 0.25) is 5.91 Å². The molecule has 0 spiro atoms. The van der Waals surface area contributed by atoms with Crippen molar-refractivity contribution in [3.63, 3.8) is 0 Å². The van der Waals surface area contributed by atoms with Gasteiger partial charge < -0.3 is 10.2 Å². The molecule has 0 atom stereocenters. The first-order valence-electron chi connectivity index (χ1n) is 7.28. The van der Waals surface area contributed by atoms with E-state index < -0.39 is 0 Å². The van der Waals surface area contributed by atoms with Gasteiger partial charge in [-0.25, -0.2) is 0 Å². The molecule has 0 radical (unpaired) electrons.